The lowest BCUT2D eigenvalue weighted by atomic mass is 9.95. The highest BCUT2D eigenvalue weighted by Gasteiger charge is 2.26. The van der Waals surface area contributed by atoms with Gasteiger partial charge in [-0.2, -0.15) is 5.10 Å². The third-order valence-corrected chi connectivity index (χ3v) is 4.42. The number of aromatic amines is 1. The van der Waals surface area contributed by atoms with E-state index < -0.39 is 0 Å². The van der Waals surface area contributed by atoms with Crippen molar-refractivity contribution in [2.24, 2.45) is 5.92 Å². The Morgan fingerprint density at radius 2 is 1.96 bits per heavy atom. The average molecular weight is 340 g/mol. The summed E-state index contributed by atoms with van der Waals surface area (Å²) < 4.78 is 0. The molecule has 0 bridgehead atoms. The Hall–Kier alpha value is -2.96. The van der Waals surface area contributed by atoms with Gasteiger partial charge in [0.1, 0.15) is 0 Å². The third kappa shape index (κ3) is 4.12. The molecule has 2 heterocycles. The summed E-state index contributed by atoms with van der Waals surface area (Å²) >= 11 is 0. The van der Waals surface area contributed by atoms with Gasteiger partial charge in [-0.25, -0.2) is 5.10 Å². The predicted molar refractivity (Wildman–Crippen MR) is 93.9 cm³/mol. The van der Waals surface area contributed by atoms with Crippen molar-refractivity contribution in [2.45, 2.75) is 19.8 Å². The quantitative estimate of drug-likeness (QED) is 0.888. The summed E-state index contributed by atoms with van der Waals surface area (Å²) in [5.74, 6) is -0.0693. The van der Waals surface area contributed by atoms with Crippen molar-refractivity contribution in [3.8, 4) is 11.3 Å². The number of piperidine rings is 1. The van der Waals surface area contributed by atoms with Gasteiger partial charge in [-0.3, -0.25) is 14.4 Å². The van der Waals surface area contributed by atoms with E-state index in [2.05, 4.69) is 15.5 Å². The Labute approximate surface area is 145 Å². The molecule has 0 unspecified atom stereocenters. The third-order valence-electron chi connectivity index (χ3n) is 4.42. The highest BCUT2D eigenvalue weighted by atomic mass is 16.2. The summed E-state index contributed by atoms with van der Waals surface area (Å²) in [6.07, 6.45) is 1.35. The molecule has 7 nitrogen and oxygen atoms in total. The fourth-order valence-corrected chi connectivity index (χ4v) is 2.96. The van der Waals surface area contributed by atoms with Gasteiger partial charge in [-0.1, -0.05) is 12.1 Å². The zero-order valence-corrected chi connectivity index (χ0v) is 14.0. The lowest BCUT2D eigenvalue weighted by Crippen LogP contribution is -2.40. The highest BCUT2D eigenvalue weighted by molar-refractivity contribution is 5.93. The first-order valence-electron chi connectivity index (χ1n) is 8.25. The number of amides is 2. The molecule has 7 heteroatoms. The number of rotatable bonds is 3. The molecule has 0 atom stereocenters. The van der Waals surface area contributed by atoms with Crippen LogP contribution < -0.4 is 10.9 Å². The number of benzene rings is 1. The van der Waals surface area contributed by atoms with Crippen LogP contribution in [0.1, 0.15) is 19.8 Å². The van der Waals surface area contributed by atoms with Gasteiger partial charge in [-0.15, -0.1) is 0 Å². The average Bonchev–Trinajstić information content (AvgIpc) is 2.62. The monoisotopic (exact) mass is 340 g/mol. The van der Waals surface area contributed by atoms with Crippen molar-refractivity contribution < 1.29 is 9.59 Å². The van der Waals surface area contributed by atoms with Crippen molar-refractivity contribution in [1.29, 1.82) is 0 Å². The first-order valence-corrected chi connectivity index (χ1v) is 8.25. The van der Waals surface area contributed by atoms with Crippen molar-refractivity contribution in [3.63, 3.8) is 0 Å². The van der Waals surface area contributed by atoms with Crippen LogP contribution in [0.3, 0.4) is 0 Å². The number of nitrogens with zero attached hydrogens (tertiary/aromatic N) is 2. The first-order chi connectivity index (χ1) is 12.0. The van der Waals surface area contributed by atoms with Crippen LogP contribution in [0.25, 0.3) is 11.3 Å². The second-order valence-electron chi connectivity index (χ2n) is 6.16. The van der Waals surface area contributed by atoms with E-state index in [4.69, 9.17) is 0 Å². The van der Waals surface area contributed by atoms with E-state index in [1.165, 1.54) is 6.07 Å². The molecule has 0 radical (unpaired) electrons. The molecule has 1 aliphatic rings. The van der Waals surface area contributed by atoms with Crippen LogP contribution in [0, 0.1) is 5.92 Å². The largest absolute Gasteiger partial charge is 0.343 e. The predicted octanol–water partition coefficient (Wildman–Crippen LogP) is 1.63. The lowest BCUT2D eigenvalue weighted by Gasteiger charge is -2.30. The van der Waals surface area contributed by atoms with Crippen molar-refractivity contribution in [3.05, 3.63) is 46.8 Å². The molecule has 2 N–H and O–H groups in total. The van der Waals surface area contributed by atoms with E-state index in [1.54, 1.807) is 17.9 Å². The SMILES string of the molecule is CC(=O)N1CCC(C(=O)Nc2cccc(-c3ccc(=O)[nH]n3)c2)CC1. The van der Waals surface area contributed by atoms with Gasteiger partial charge in [0.05, 0.1) is 5.69 Å². The number of hydrogen-bond donors (Lipinski definition) is 2. The Balaban J connectivity index is 1.66. The number of anilines is 1. The zero-order valence-electron chi connectivity index (χ0n) is 14.0. The minimum Gasteiger partial charge on any atom is -0.343 e. The summed E-state index contributed by atoms with van der Waals surface area (Å²) in [7, 11) is 0. The maximum Gasteiger partial charge on any atom is 0.264 e. The standard InChI is InChI=1S/C18H20N4O3/c1-12(23)22-9-7-13(8-10-22)18(25)19-15-4-2-3-14(11-15)16-5-6-17(24)21-20-16/h2-6,11,13H,7-10H2,1H3,(H,19,25)(H,21,24). The van der Waals surface area contributed by atoms with Gasteiger partial charge in [0.2, 0.25) is 11.8 Å². The van der Waals surface area contributed by atoms with Crippen molar-refractivity contribution >= 4 is 17.5 Å². The van der Waals surface area contributed by atoms with Gasteiger partial charge >= 0.3 is 0 Å². The van der Waals surface area contributed by atoms with Gasteiger partial charge in [0, 0.05) is 43.2 Å². The molecular formula is C18H20N4O3. The molecule has 1 aliphatic heterocycles. The lowest BCUT2D eigenvalue weighted by molar-refractivity contribution is -0.132. The summed E-state index contributed by atoms with van der Waals surface area (Å²) in [5, 5.41) is 9.33. The van der Waals surface area contributed by atoms with Gasteiger partial charge < -0.3 is 10.2 Å². The van der Waals surface area contributed by atoms with Crippen LogP contribution in [0.4, 0.5) is 5.69 Å². The van der Waals surface area contributed by atoms with Crippen LogP contribution in [0.5, 0.6) is 0 Å². The molecule has 3 rings (SSSR count). The van der Waals surface area contributed by atoms with Gasteiger partial charge in [-0.05, 0) is 31.0 Å². The molecular weight excluding hydrogens is 320 g/mol. The van der Waals surface area contributed by atoms with Crippen LogP contribution in [0.15, 0.2) is 41.2 Å². The van der Waals surface area contributed by atoms with Gasteiger partial charge in [0.25, 0.3) is 5.56 Å². The normalized spacial score (nSPS) is 15.0. The Morgan fingerprint density at radius 1 is 1.20 bits per heavy atom. The number of hydrogen-bond acceptors (Lipinski definition) is 4. The number of carbonyl (C=O) groups excluding carboxylic acids is 2. The number of likely N-dealkylation sites (tertiary alicyclic amines) is 1. The second-order valence-corrected chi connectivity index (χ2v) is 6.16. The van der Waals surface area contributed by atoms with E-state index in [1.807, 2.05) is 24.3 Å². The Kier molecular flexibility index (Phi) is 4.92. The van der Waals surface area contributed by atoms with Crippen LogP contribution in [0.2, 0.25) is 0 Å². The van der Waals surface area contributed by atoms with Crippen molar-refractivity contribution in [2.75, 3.05) is 18.4 Å². The topological polar surface area (TPSA) is 95.2 Å². The molecule has 1 fully saturated rings. The summed E-state index contributed by atoms with van der Waals surface area (Å²) in [5.41, 5.74) is 1.86. The van der Waals surface area contributed by atoms with Crippen molar-refractivity contribution in [1.82, 2.24) is 15.1 Å². The van der Waals surface area contributed by atoms with Crippen LogP contribution in [-0.4, -0.2) is 40.0 Å². The maximum absolute atomic E-state index is 12.5. The molecule has 1 aromatic heterocycles. The fraction of sp³-hybridized carbons (Fsp3) is 0.333. The molecule has 0 aliphatic carbocycles. The summed E-state index contributed by atoms with van der Waals surface area (Å²) in [6.45, 7) is 2.79. The maximum atomic E-state index is 12.5. The number of nitrogens with one attached hydrogen (secondary N) is 2. The van der Waals surface area contributed by atoms with E-state index >= 15 is 0 Å². The number of aromatic nitrogens is 2. The molecule has 1 saturated heterocycles. The minimum absolute atomic E-state index is 0.0326. The van der Waals surface area contributed by atoms with Crippen LogP contribution in [-0.2, 0) is 9.59 Å². The fourth-order valence-electron chi connectivity index (χ4n) is 2.96. The number of H-pyrrole nitrogens is 1. The van der Waals surface area contributed by atoms with Crippen LogP contribution >= 0.6 is 0 Å². The summed E-state index contributed by atoms with van der Waals surface area (Å²) in [6, 6.07) is 10.4. The Morgan fingerprint density at radius 3 is 2.60 bits per heavy atom. The highest BCUT2D eigenvalue weighted by Crippen LogP contribution is 2.22. The second kappa shape index (κ2) is 7.29. The van der Waals surface area contributed by atoms with Gasteiger partial charge in [0.15, 0.2) is 0 Å². The summed E-state index contributed by atoms with van der Waals surface area (Å²) in [4.78, 5) is 36.7. The van der Waals surface area contributed by atoms with E-state index in [0.717, 1.165) is 5.56 Å². The molecule has 1 aromatic carbocycles. The van der Waals surface area contributed by atoms with E-state index in [-0.39, 0.29) is 23.3 Å². The molecule has 2 aromatic rings. The first kappa shape index (κ1) is 16.9. The molecule has 0 saturated carbocycles. The minimum atomic E-state index is -0.259. The molecule has 25 heavy (non-hydrogen) atoms. The number of carbonyl (C=O) groups is 2. The molecule has 2 amide bonds. The smallest absolute Gasteiger partial charge is 0.264 e. The molecule has 130 valence electrons. The zero-order chi connectivity index (χ0) is 17.8. The Bertz CT molecular complexity index is 818. The van der Waals surface area contributed by atoms with E-state index in [0.29, 0.717) is 37.3 Å². The molecule has 0 spiro atoms. The van der Waals surface area contributed by atoms with E-state index in [9.17, 15) is 14.4 Å².